The van der Waals surface area contributed by atoms with Crippen LogP contribution in [0.25, 0.3) is 0 Å². The molecule has 1 aliphatic rings. The molecule has 1 heterocycles. The molecule has 1 amide bonds. The number of carbonyl (C=O) groups is 3. The number of aliphatic hydroxyl groups is 1. The number of fused-ring (bicyclic) bond motifs is 2. The molecule has 0 saturated carbocycles. The highest BCUT2D eigenvalue weighted by molar-refractivity contribution is 6.34. The number of benzene rings is 1. The van der Waals surface area contributed by atoms with Crippen LogP contribution < -0.4 is 15.5 Å². The number of aryl methyl sites for hydroxylation is 1. The summed E-state index contributed by atoms with van der Waals surface area (Å²) in [6, 6.07) is 2.68. The van der Waals surface area contributed by atoms with Gasteiger partial charge in [0.25, 0.3) is 6.47 Å². The minimum Gasteiger partial charge on any atom is -0.480 e. The van der Waals surface area contributed by atoms with Crippen LogP contribution in [0.4, 0.5) is 5.69 Å². The van der Waals surface area contributed by atoms with Crippen molar-refractivity contribution in [2.45, 2.75) is 84.1 Å². The third-order valence-corrected chi connectivity index (χ3v) is 8.93. The maximum absolute atomic E-state index is 13.5. The number of amides is 1. The second-order valence-electron chi connectivity index (χ2n) is 11.4. The van der Waals surface area contributed by atoms with Gasteiger partial charge in [-0.3, -0.25) is 14.4 Å². The first-order valence-electron chi connectivity index (χ1n) is 14.0. The van der Waals surface area contributed by atoms with E-state index in [9.17, 15) is 24.6 Å². The van der Waals surface area contributed by atoms with Gasteiger partial charge in [-0.2, -0.15) is 0 Å². The van der Waals surface area contributed by atoms with Crippen molar-refractivity contribution in [3.05, 3.63) is 52.1 Å². The molecule has 1 aliphatic heterocycles. The second kappa shape index (κ2) is 15.5. The van der Waals surface area contributed by atoms with Gasteiger partial charge in [-0.25, -0.2) is 0 Å². The Morgan fingerprint density at radius 1 is 1.29 bits per heavy atom. The predicted octanol–water partition coefficient (Wildman–Crippen LogP) is 4.04. The van der Waals surface area contributed by atoms with Crippen molar-refractivity contribution in [1.82, 2.24) is 10.6 Å². The fourth-order valence-electron chi connectivity index (χ4n) is 5.78. The van der Waals surface area contributed by atoms with E-state index in [1.807, 2.05) is 51.3 Å². The van der Waals surface area contributed by atoms with E-state index in [0.29, 0.717) is 36.4 Å². The van der Waals surface area contributed by atoms with E-state index in [1.54, 1.807) is 20.9 Å². The maximum atomic E-state index is 13.5. The fourth-order valence-corrected chi connectivity index (χ4v) is 6.02. The number of likely N-dealkylation sites (N-methyl/N-ethyl adjacent to an activating group) is 1. The van der Waals surface area contributed by atoms with Gasteiger partial charge >= 0.3 is 5.97 Å². The van der Waals surface area contributed by atoms with Crippen molar-refractivity contribution in [3.8, 4) is 0 Å². The number of hydrogen-bond donors (Lipinski definition) is 4. The normalized spacial score (nSPS) is 29.7. The molecule has 2 rings (SSSR count). The summed E-state index contributed by atoms with van der Waals surface area (Å²) in [4.78, 5) is 38.8. The molecular formula is C31H46ClN3O6. The van der Waals surface area contributed by atoms with Gasteiger partial charge in [0.15, 0.2) is 0 Å². The molecule has 1 aromatic rings. The van der Waals surface area contributed by atoms with Crippen LogP contribution in [0.1, 0.15) is 57.6 Å². The average Bonchev–Trinajstić information content (AvgIpc) is 2.93. The molecule has 4 N–H and O–H groups in total. The number of carboxylic acid groups (broad SMARTS) is 1. The number of aliphatic hydroxyl groups excluding tert-OH is 1. The molecule has 5 unspecified atom stereocenters. The number of carboxylic acids is 1. The SMILES string of the molecule is CNC1C/C=C/C=C(\C)Cc2cc(C)c(Cl)c(c2)N(C)C(=O)CCC(C)(C(NC)C(=O)O)C(O)[C@H](C)C(OC=O)C1. The molecule has 41 heavy (non-hydrogen) atoms. The Labute approximate surface area is 249 Å². The van der Waals surface area contributed by atoms with Crippen LogP contribution >= 0.6 is 11.6 Å². The predicted molar refractivity (Wildman–Crippen MR) is 162 cm³/mol. The van der Waals surface area contributed by atoms with E-state index in [1.165, 1.54) is 11.9 Å². The minimum absolute atomic E-state index is 0.0387. The van der Waals surface area contributed by atoms with Gasteiger partial charge in [0.05, 0.1) is 16.8 Å². The zero-order valence-electron chi connectivity index (χ0n) is 25.2. The van der Waals surface area contributed by atoms with E-state index < -0.39 is 35.6 Å². The van der Waals surface area contributed by atoms with Crippen LogP contribution in [0.5, 0.6) is 0 Å². The number of nitrogens with one attached hydrogen (secondary N) is 2. The maximum Gasteiger partial charge on any atom is 0.321 e. The van der Waals surface area contributed by atoms with Crippen molar-refractivity contribution >= 4 is 35.6 Å². The van der Waals surface area contributed by atoms with Crippen LogP contribution in [0.2, 0.25) is 5.02 Å². The molecule has 10 heteroatoms. The summed E-state index contributed by atoms with van der Waals surface area (Å²) < 4.78 is 5.45. The van der Waals surface area contributed by atoms with Crippen LogP contribution in [0, 0.1) is 18.3 Å². The molecular weight excluding hydrogens is 546 g/mol. The monoisotopic (exact) mass is 591 g/mol. The van der Waals surface area contributed by atoms with Gasteiger partial charge in [-0.1, -0.05) is 55.3 Å². The molecule has 9 nitrogen and oxygen atoms in total. The number of aliphatic carboxylic acids is 1. The molecule has 0 spiro atoms. The highest BCUT2D eigenvalue weighted by Gasteiger charge is 2.48. The van der Waals surface area contributed by atoms with E-state index >= 15 is 0 Å². The summed E-state index contributed by atoms with van der Waals surface area (Å²) in [5.74, 6) is -2.05. The van der Waals surface area contributed by atoms with Crippen molar-refractivity contribution in [3.63, 3.8) is 0 Å². The summed E-state index contributed by atoms with van der Waals surface area (Å²) in [7, 11) is 4.98. The zero-order chi connectivity index (χ0) is 30.9. The van der Waals surface area contributed by atoms with E-state index in [-0.39, 0.29) is 24.8 Å². The standard InChI is InChI=1S/C31H46ClN3O6/c1-19-10-8-9-11-23(33-5)17-25(41-18-36)21(3)29(38)31(4,28(34-6)30(39)40)13-12-26(37)35(7)24-16-22(14-19)15-20(2)27(24)32/h8-10,15-16,18,21,23,25,28-29,33-34,38H,11-14,17H2,1-7H3,(H,39,40)/b9-8+,19-10+/t21-,23?,25?,28?,29?,31?/m1/s1. The molecule has 228 valence electrons. The van der Waals surface area contributed by atoms with Gasteiger partial charge in [-0.05, 0) is 64.4 Å². The third kappa shape index (κ3) is 8.64. The third-order valence-electron chi connectivity index (χ3n) is 8.44. The first kappa shape index (κ1) is 34.5. The lowest BCUT2D eigenvalue weighted by atomic mass is 9.68. The minimum atomic E-state index is -1.29. The largest absolute Gasteiger partial charge is 0.480 e. The van der Waals surface area contributed by atoms with Crippen LogP contribution in [0.3, 0.4) is 0 Å². The molecule has 0 radical (unpaired) electrons. The Bertz CT molecular complexity index is 1140. The number of rotatable bonds is 6. The topological polar surface area (TPSA) is 128 Å². The number of ether oxygens (including phenoxy) is 1. The molecule has 0 aliphatic carbocycles. The first-order chi connectivity index (χ1) is 19.3. The van der Waals surface area contributed by atoms with Crippen molar-refractivity contribution in [2.24, 2.45) is 11.3 Å². The molecule has 0 aromatic heterocycles. The summed E-state index contributed by atoms with van der Waals surface area (Å²) in [6.07, 6.45) is 5.89. The van der Waals surface area contributed by atoms with Crippen LogP contribution in [-0.4, -0.2) is 74.0 Å². The lowest BCUT2D eigenvalue weighted by Crippen LogP contribution is -2.57. The molecule has 1 aromatic carbocycles. The fraction of sp³-hybridized carbons (Fsp3) is 0.581. The van der Waals surface area contributed by atoms with Crippen LogP contribution in [0.15, 0.2) is 35.9 Å². The Morgan fingerprint density at radius 2 is 1.98 bits per heavy atom. The summed E-state index contributed by atoms with van der Waals surface area (Å²) >= 11 is 6.64. The van der Waals surface area contributed by atoms with Crippen molar-refractivity contribution in [1.29, 1.82) is 0 Å². The number of anilines is 1. The summed E-state index contributed by atoms with van der Waals surface area (Å²) in [5.41, 5.74) is 2.27. The van der Waals surface area contributed by atoms with Gasteiger partial charge in [0.1, 0.15) is 12.1 Å². The number of halogens is 1. The van der Waals surface area contributed by atoms with E-state index in [0.717, 1.165) is 16.7 Å². The number of hydrogen-bond acceptors (Lipinski definition) is 7. The van der Waals surface area contributed by atoms with Crippen molar-refractivity contribution in [2.75, 3.05) is 26.0 Å². The van der Waals surface area contributed by atoms with E-state index in [4.69, 9.17) is 16.3 Å². The van der Waals surface area contributed by atoms with Gasteiger partial charge < -0.3 is 30.5 Å². The summed E-state index contributed by atoms with van der Waals surface area (Å²) in [5, 5.41) is 28.3. The second-order valence-corrected chi connectivity index (χ2v) is 11.8. The molecule has 6 atom stereocenters. The lowest BCUT2D eigenvalue weighted by Gasteiger charge is -2.43. The Morgan fingerprint density at radius 3 is 2.56 bits per heavy atom. The van der Waals surface area contributed by atoms with E-state index in [2.05, 4.69) is 10.6 Å². The number of allylic oxidation sites excluding steroid dienone is 3. The highest BCUT2D eigenvalue weighted by atomic mass is 35.5. The highest BCUT2D eigenvalue weighted by Crippen LogP contribution is 2.39. The van der Waals surface area contributed by atoms with Gasteiger partial charge in [0, 0.05) is 37.3 Å². The Kier molecular flexibility index (Phi) is 13.0. The van der Waals surface area contributed by atoms with Crippen LogP contribution in [-0.2, 0) is 25.5 Å². The van der Waals surface area contributed by atoms with Crippen molar-refractivity contribution < 1.29 is 29.3 Å². The lowest BCUT2D eigenvalue weighted by molar-refractivity contribution is -0.154. The average molecular weight is 592 g/mol. The number of carbonyl (C=O) groups excluding carboxylic acids is 2. The molecule has 2 bridgehead atoms. The van der Waals surface area contributed by atoms with Gasteiger partial charge in [0.2, 0.25) is 5.91 Å². The molecule has 0 saturated heterocycles. The van der Waals surface area contributed by atoms with Gasteiger partial charge in [-0.15, -0.1) is 0 Å². The summed E-state index contributed by atoms with van der Waals surface area (Å²) in [6.45, 7) is 7.70. The smallest absolute Gasteiger partial charge is 0.321 e. The Hall–Kier alpha value is -2.72. The zero-order valence-corrected chi connectivity index (χ0v) is 26.0. The Balaban J connectivity index is 2.63. The number of nitrogens with zero attached hydrogens (tertiary/aromatic N) is 1. The molecule has 0 fully saturated rings. The first-order valence-corrected chi connectivity index (χ1v) is 14.4. The quantitative estimate of drug-likeness (QED) is 0.365.